The van der Waals surface area contributed by atoms with Crippen LogP contribution in [0, 0.1) is 11.0 Å². The molecule has 4 nitrogen and oxygen atoms in total. The molecule has 0 saturated carbocycles. The van der Waals surface area contributed by atoms with E-state index >= 15 is 0 Å². The normalized spacial score (nSPS) is 13.2. The Labute approximate surface area is 115 Å². The highest BCUT2D eigenvalue weighted by Gasteiger charge is 2.19. The van der Waals surface area contributed by atoms with Gasteiger partial charge >= 0.3 is 0 Å². The standard InChI is InChI=1S/C15H13FN2O2/c16-12-6-14-13(8-17-10-18(14)19)15(7-12)20-9-11-4-2-1-3-5-11/h1-7,10,17H,8-9H2. The van der Waals surface area contributed by atoms with E-state index in [1.165, 1.54) is 18.5 Å². The number of hydrogen-bond donors (Lipinski definition) is 1. The molecule has 1 aliphatic rings. The summed E-state index contributed by atoms with van der Waals surface area (Å²) in [5.74, 6) is -0.0896. The van der Waals surface area contributed by atoms with Crippen LogP contribution in [0.15, 0.2) is 42.5 Å². The molecule has 1 heterocycles. The lowest BCUT2D eigenvalue weighted by atomic mass is 10.1. The van der Waals surface area contributed by atoms with Crippen molar-refractivity contribution in [3.05, 3.63) is 64.6 Å². The Hall–Kier alpha value is -2.56. The van der Waals surface area contributed by atoms with E-state index in [0.29, 0.717) is 29.2 Å². The van der Waals surface area contributed by atoms with Gasteiger partial charge in [-0.25, -0.2) is 9.13 Å². The number of fused-ring (bicyclic) bond motifs is 1. The Bertz CT molecular complexity index is 656. The van der Waals surface area contributed by atoms with Crippen molar-refractivity contribution in [2.45, 2.75) is 13.2 Å². The summed E-state index contributed by atoms with van der Waals surface area (Å²) in [5.41, 5.74) is 1.94. The van der Waals surface area contributed by atoms with E-state index in [4.69, 9.17) is 4.74 Å². The van der Waals surface area contributed by atoms with E-state index in [-0.39, 0.29) is 5.69 Å². The minimum absolute atomic E-state index is 0.284. The number of nitrogens with zero attached hydrogens (tertiary/aromatic N) is 1. The Balaban J connectivity index is 1.88. The van der Waals surface area contributed by atoms with Crippen molar-refractivity contribution in [1.82, 2.24) is 5.32 Å². The molecule has 0 atom stereocenters. The van der Waals surface area contributed by atoms with Gasteiger partial charge in [-0.3, -0.25) is 5.32 Å². The van der Waals surface area contributed by atoms with Gasteiger partial charge in [0.05, 0.1) is 5.56 Å². The largest absolute Gasteiger partial charge is 0.711 e. The molecule has 0 saturated heterocycles. The quantitative estimate of drug-likeness (QED) is 0.690. The average Bonchev–Trinajstić information content (AvgIpc) is 2.47. The summed E-state index contributed by atoms with van der Waals surface area (Å²) >= 11 is 0. The van der Waals surface area contributed by atoms with Gasteiger partial charge in [0.2, 0.25) is 6.34 Å². The Kier molecular flexibility index (Phi) is 3.25. The Morgan fingerprint density at radius 1 is 1.25 bits per heavy atom. The van der Waals surface area contributed by atoms with Crippen molar-refractivity contribution in [2.75, 3.05) is 0 Å². The van der Waals surface area contributed by atoms with E-state index in [0.717, 1.165) is 5.56 Å². The maximum absolute atomic E-state index is 13.6. The van der Waals surface area contributed by atoms with Gasteiger partial charge in [-0.05, 0) is 5.56 Å². The van der Waals surface area contributed by atoms with E-state index in [1.54, 1.807) is 0 Å². The maximum atomic E-state index is 13.6. The zero-order chi connectivity index (χ0) is 13.9. The zero-order valence-electron chi connectivity index (χ0n) is 10.7. The van der Waals surface area contributed by atoms with Crippen LogP contribution in [0.4, 0.5) is 10.1 Å². The van der Waals surface area contributed by atoms with Crippen LogP contribution in [0.5, 0.6) is 5.75 Å². The highest BCUT2D eigenvalue weighted by atomic mass is 19.1. The predicted molar refractivity (Wildman–Crippen MR) is 73.4 cm³/mol. The van der Waals surface area contributed by atoms with Crippen molar-refractivity contribution in [3.8, 4) is 5.75 Å². The molecule has 2 aromatic carbocycles. The topological polar surface area (TPSA) is 47.3 Å². The second-order valence-corrected chi connectivity index (χ2v) is 4.51. The average molecular weight is 272 g/mol. The summed E-state index contributed by atoms with van der Waals surface area (Å²) in [6.07, 6.45) is 1.27. The third kappa shape index (κ3) is 2.42. The summed E-state index contributed by atoms with van der Waals surface area (Å²) in [5, 5.41) is 14.5. The summed E-state index contributed by atoms with van der Waals surface area (Å²) in [7, 11) is 0. The molecule has 2 aromatic rings. The number of rotatable bonds is 3. The van der Waals surface area contributed by atoms with Crippen molar-refractivity contribution < 1.29 is 13.9 Å². The molecule has 3 rings (SSSR count). The molecule has 0 bridgehead atoms. The van der Waals surface area contributed by atoms with Crippen LogP contribution in [-0.4, -0.2) is 11.1 Å². The SMILES string of the molecule is [O-][N+]1=CNCc2c(OCc3ccccc3)cc(F)cc21. The van der Waals surface area contributed by atoms with Gasteiger partial charge in [-0.2, -0.15) is 0 Å². The molecule has 1 aliphatic heterocycles. The van der Waals surface area contributed by atoms with E-state index < -0.39 is 5.82 Å². The van der Waals surface area contributed by atoms with Gasteiger partial charge in [-0.15, -0.1) is 0 Å². The molecule has 102 valence electrons. The third-order valence-electron chi connectivity index (χ3n) is 3.11. The van der Waals surface area contributed by atoms with Crippen molar-refractivity contribution in [3.63, 3.8) is 0 Å². The van der Waals surface area contributed by atoms with Crippen LogP contribution in [0.1, 0.15) is 11.1 Å². The van der Waals surface area contributed by atoms with E-state index in [1.807, 2.05) is 30.3 Å². The lowest BCUT2D eigenvalue weighted by Crippen LogP contribution is -2.23. The van der Waals surface area contributed by atoms with Crippen LogP contribution in [0.3, 0.4) is 0 Å². The van der Waals surface area contributed by atoms with E-state index in [9.17, 15) is 9.60 Å². The van der Waals surface area contributed by atoms with Gasteiger partial charge in [0.25, 0.3) is 0 Å². The molecule has 0 unspecified atom stereocenters. The summed E-state index contributed by atoms with van der Waals surface area (Å²) < 4.78 is 19.8. The molecule has 0 aliphatic carbocycles. The minimum Gasteiger partial charge on any atom is -0.711 e. The first-order valence-electron chi connectivity index (χ1n) is 6.26. The zero-order valence-corrected chi connectivity index (χ0v) is 10.7. The highest BCUT2D eigenvalue weighted by Crippen LogP contribution is 2.31. The summed E-state index contributed by atoms with van der Waals surface area (Å²) in [6.45, 7) is 0.776. The molecule has 0 aromatic heterocycles. The molecule has 0 spiro atoms. The first kappa shape index (κ1) is 12.5. The Morgan fingerprint density at radius 3 is 2.85 bits per heavy atom. The Morgan fingerprint density at radius 2 is 2.05 bits per heavy atom. The maximum Gasteiger partial charge on any atom is 0.240 e. The first-order valence-corrected chi connectivity index (χ1v) is 6.26. The lowest BCUT2D eigenvalue weighted by molar-refractivity contribution is -0.361. The van der Waals surface area contributed by atoms with Crippen molar-refractivity contribution in [1.29, 1.82) is 0 Å². The molecular weight excluding hydrogens is 259 g/mol. The van der Waals surface area contributed by atoms with Crippen LogP contribution in [0.25, 0.3) is 0 Å². The second-order valence-electron chi connectivity index (χ2n) is 4.51. The van der Waals surface area contributed by atoms with Crippen LogP contribution in [0.2, 0.25) is 0 Å². The van der Waals surface area contributed by atoms with Crippen LogP contribution < -0.4 is 10.1 Å². The van der Waals surface area contributed by atoms with Gasteiger partial charge < -0.3 is 9.94 Å². The fourth-order valence-corrected chi connectivity index (χ4v) is 2.14. The number of hydrogen-bond acceptors (Lipinski definition) is 3. The molecule has 0 radical (unpaired) electrons. The van der Waals surface area contributed by atoms with Crippen LogP contribution in [-0.2, 0) is 13.2 Å². The number of halogens is 1. The smallest absolute Gasteiger partial charge is 0.240 e. The number of ether oxygens (including phenoxy) is 1. The molecule has 0 fully saturated rings. The number of nitrogens with one attached hydrogen (secondary N) is 1. The van der Waals surface area contributed by atoms with Crippen molar-refractivity contribution in [2.24, 2.45) is 0 Å². The molecule has 0 amide bonds. The van der Waals surface area contributed by atoms with Crippen LogP contribution >= 0.6 is 0 Å². The van der Waals surface area contributed by atoms with Gasteiger partial charge in [-0.1, -0.05) is 30.3 Å². The van der Waals surface area contributed by atoms with Gasteiger partial charge in [0.1, 0.15) is 30.4 Å². The molecule has 1 N–H and O–H groups in total. The summed E-state index contributed by atoms with van der Waals surface area (Å²) in [6, 6.07) is 12.1. The fraction of sp³-hybridized carbons (Fsp3) is 0.133. The highest BCUT2D eigenvalue weighted by molar-refractivity contribution is 5.60. The molecule has 20 heavy (non-hydrogen) atoms. The number of benzene rings is 2. The first-order chi connectivity index (χ1) is 9.74. The third-order valence-corrected chi connectivity index (χ3v) is 3.11. The minimum atomic E-state index is -0.483. The summed E-state index contributed by atoms with van der Waals surface area (Å²) in [4.78, 5) is 0. The lowest BCUT2D eigenvalue weighted by Gasteiger charge is -2.20. The molecular formula is C15H13FN2O2. The molecule has 5 heteroatoms. The van der Waals surface area contributed by atoms with E-state index in [2.05, 4.69) is 5.32 Å². The monoisotopic (exact) mass is 272 g/mol. The van der Waals surface area contributed by atoms with Gasteiger partial charge in [0.15, 0.2) is 0 Å². The van der Waals surface area contributed by atoms with Gasteiger partial charge in [0, 0.05) is 12.1 Å². The van der Waals surface area contributed by atoms with Crippen molar-refractivity contribution >= 4 is 12.0 Å². The fourth-order valence-electron chi connectivity index (χ4n) is 2.14. The predicted octanol–water partition coefficient (Wildman–Crippen LogP) is 2.68. The second kappa shape index (κ2) is 5.21.